The number of hydrogen-bond acceptors (Lipinski definition) is 4. The smallest absolute Gasteiger partial charge is 0.400 e. The van der Waals surface area contributed by atoms with Crippen molar-refractivity contribution in [1.82, 2.24) is 4.98 Å². The zero-order valence-corrected chi connectivity index (χ0v) is 14.1. The Labute approximate surface area is 135 Å². The highest BCUT2D eigenvalue weighted by Gasteiger charge is 2.52. The second kappa shape index (κ2) is 5.91. The number of halogens is 2. The van der Waals surface area contributed by atoms with Crippen molar-refractivity contribution in [3.8, 4) is 0 Å². The summed E-state index contributed by atoms with van der Waals surface area (Å²) in [6, 6.07) is 1.32. The van der Waals surface area contributed by atoms with Gasteiger partial charge >= 0.3 is 7.12 Å². The van der Waals surface area contributed by atoms with E-state index in [-0.39, 0.29) is 5.15 Å². The molecule has 0 aromatic carbocycles. The zero-order valence-electron chi connectivity index (χ0n) is 12.5. The molecule has 0 N–H and O–H groups in total. The summed E-state index contributed by atoms with van der Waals surface area (Å²) in [5.74, 6) is -0.126. The van der Waals surface area contributed by atoms with Crippen LogP contribution < -0.4 is 0 Å². The molecule has 0 amide bonds. The predicted octanol–water partition coefficient (Wildman–Crippen LogP) is 3.82. The van der Waals surface area contributed by atoms with Crippen molar-refractivity contribution >= 4 is 37.4 Å². The van der Waals surface area contributed by atoms with E-state index in [9.17, 15) is 4.39 Å². The van der Waals surface area contributed by atoms with E-state index in [1.54, 1.807) is 6.08 Å². The third-order valence-electron chi connectivity index (χ3n) is 3.91. The molecule has 0 unspecified atom stereocenters. The number of aromatic nitrogens is 1. The third-order valence-corrected chi connectivity index (χ3v) is 4.55. The average Bonchev–Trinajstić information content (AvgIpc) is 2.59. The highest BCUT2D eigenvalue weighted by atomic mass is 35.5. The van der Waals surface area contributed by atoms with Crippen LogP contribution in [-0.2, 0) is 9.31 Å². The van der Waals surface area contributed by atoms with E-state index in [1.165, 1.54) is 12.3 Å². The van der Waals surface area contributed by atoms with Crippen LogP contribution in [0.3, 0.4) is 0 Å². The van der Waals surface area contributed by atoms with Gasteiger partial charge in [0.15, 0.2) is 11.0 Å². The van der Waals surface area contributed by atoms with Crippen LogP contribution in [0.5, 0.6) is 0 Å². The van der Waals surface area contributed by atoms with Crippen LogP contribution in [0, 0.1) is 5.82 Å². The molecule has 2 rings (SSSR count). The predicted molar refractivity (Wildman–Crippen MR) is 87.1 cm³/mol. The summed E-state index contributed by atoms with van der Waals surface area (Å²) in [5.41, 5.74) is 0.544. The van der Waals surface area contributed by atoms with Gasteiger partial charge in [-0.15, -0.1) is 0 Å². The largest absolute Gasteiger partial charge is 0.491 e. The summed E-state index contributed by atoms with van der Waals surface area (Å²) >= 11 is 9.89. The van der Waals surface area contributed by atoms with E-state index in [0.29, 0.717) is 11.3 Å². The zero-order chi connectivity index (χ0) is 15.8. The molecule has 114 valence electrons. The molecule has 0 saturated carbocycles. The van der Waals surface area contributed by atoms with Gasteiger partial charge in [0, 0.05) is 11.9 Å². The van der Waals surface area contributed by atoms with E-state index in [0.717, 1.165) is 5.47 Å². The van der Waals surface area contributed by atoms with Gasteiger partial charge in [-0.3, -0.25) is 0 Å². The molecule has 0 bridgehead atoms. The molecule has 1 fully saturated rings. The monoisotopic (exact) mass is 329 g/mol. The number of hydrogen-bond donors (Lipinski definition) is 1. The minimum absolute atomic E-state index is 0.143. The van der Waals surface area contributed by atoms with Gasteiger partial charge in [-0.2, -0.15) is 12.6 Å². The Balaban J connectivity index is 2.28. The first-order valence-corrected chi connectivity index (χ1v) is 7.65. The van der Waals surface area contributed by atoms with E-state index in [2.05, 4.69) is 17.6 Å². The lowest BCUT2D eigenvalue weighted by Crippen LogP contribution is -2.41. The lowest BCUT2D eigenvalue weighted by Gasteiger charge is -2.32. The van der Waals surface area contributed by atoms with Crippen LogP contribution >= 0.6 is 24.2 Å². The van der Waals surface area contributed by atoms with Crippen LogP contribution in [-0.4, -0.2) is 29.1 Å². The summed E-state index contributed by atoms with van der Waals surface area (Å²) in [7, 11) is -0.508. The SMILES string of the molecule is CC1(C)OB(C(=Cc2cnc(Cl)c(F)c2)CS)OC1(C)C. The number of nitrogens with zero attached hydrogens (tertiary/aromatic N) is 1. The number of rotatable bonds is 3. The van der Waals surface area contributed by atoms with E-state index in [4.69, 9.17) is 20.9 Å². The average molecular weight is 330 g/mol. The minimum Gasteiger partial charge on any atom is -0.400 e. The fourth-order valence-corrected chi connectivity index (χ4v) is 2.26. The molecule has 1 aromatic heterocycles. The minimum atomic E-state index is -0.558. The Morgan fingerprint density at radius 2 is 1.95 bits per heavy atom. The Bertz CT molecular complexity index is 564. The maximum atomic E-state index is 13.5. The van der Waals surface area contributed by atoms with Crippen molar-refractivity contribution < 1.29 is 13.7 Å². The summed E-state index contributed by atoms with van der Waals surface area (Å²) in [6.07, 6.45) is 3.27. The molecule has 1 aromatic rings. The lowest BCUT2D eigenvalue weighted by atomic mass is 9.78. The second-order valence-electron chi connectivity index (χ2n) is 6.01. The molecule has 1 aliphatic rings. The van der Waals surface area contributed by atoms with Crippen LogP contribution in [0.2, 0.25) is 5.15 Å². The van der Waals surface area contributed by atoms with Crippen LogP contribution in [0.4, 0.5) is 4.39 Å². The van der Waals surface area contributed by atoms with Crippen molar-refractivity contribution in [3.63, 3.8) is 0 Å². The molecular weight excluding hydrogens is 311 g/mol. The first-order valence-electron chi connectivity index (χ1n) is 6.64. The quantitative estimate of drug-likeness (QED) is 0.520. The molecule has 21 heavy (non-hydrogen) atoms. The molecule has 1 saturated heterocycles. The number of thiol groups is 1. The standard InChI is InChI=1S/C14H18BClFNO2S/c1-13(2)14(3,4)20-15(19-13)10(8-21)5-9-6-11(17)12(16)18-7-9/h5-7,21H,8H2,1-4H3. The first kappa shape index (κ1) is 16.8. The van der Waals surface area contributed by atoms with Crippen molar-refractivity contribution in [2.45, 2.75) is 38.9 Å². The topological polar surface area (TPSA) is 31.4 Å². The Morgan fingerprint density at radius 1 is 1.38 bits per heavy atom. The molecule has 0 aliphatic carbocycles. The van der Waals surface area contributed by atoms with Crippen molar-refractivity contribution in [1.29, 1.82) is 0 Å². The highest BCUT2D eigenvalue weighted by Crippen LogP contribution is 2.39. The molecule has 2 heterocycles. The van der Waals surface area contributed by atoms with Gasteiger partial charge in [0.05, 0.1) is 11.2 Å². The number of pyridine rings is 1. The van der Waals surface area contributed by atoms with Gasteiger partial charge in [0.25, 0.3) is 0 Å². The van der Waals surface area contributed by atoms with Gasteiger partial charge in [0.2, 0.25) is 0 Å². The maximum Gasteiger partial charge on any atom is 0.491 e. The fraction of sp³-hybridized carbons (Fsp3) is 0.500. The van der Waals surface area contributed by atoms with Gasteiger partial charge in [-0.1, -0.05) is 17.7 Å². The molecule has 7 heteroatoms. The van der Waals surface area contributed by atoms with Gasteiger partial charge in [-0.05, 0) is 44.8 Å². The summed E-state index contributed by atoms with van der Waals surface area (Å²) in [4.78, 5) is 3.79. The normalized spacial score (nSPS) is 20.9. The van der Waals surface area contributed by atoms with Crippen molar-refractivity contribution in [2.24, 2.45) is 0 Å². The second-order valence-corrected chi connectivity index (χ2v) is 6.68. The van der Waals surface area contributed by atoms with Crippen LogP contribution in [0.1, 0.15) is 33.3 Å². The van der Waals surface area contributed by atoms with E-state index < -0.39 is 24.1 Å². The Kier molecular flexibility index (Phi) is 4.73. The molecule has 0 radical (unpaired) electrons. The first-order chi connectivity index (χ1) is 9.66. The fourth-order valence-electron chi connectivity index (χ4n) is 1.91. The van der Waals surface area contributed by atoms with Crippen LogP contribution in [0.25, 0.3) is 6.08 Å². The van der Waals surface area contributed by atoms with Gasteiger partial charge in [0.1, 0.15) is 0 Å². The Morgan fingerprint density at radius 3 is 2.43 bits per heavy atom. The molecule has 0 spiro atoms. The van der Waals surface area contributed by atoms with Crippen molar-refractivity contribution in [2.75, 3.05) is 5.75 Å². The molecule has 0 atom stereocenters. The maximum absolute atomic E-state index is 13.5. The summed E-state index contributed by atoms with van der Waals surface area (Å²) in [5, 5.41) is -0.143. The molecule has 3 nitrogen and oxygen atoms in total. The van der Waals surface area contributed by atoms with E-state index >= 15 is 0 Å². The Hall–Kier alpha value is -0.555. The van der Waals surface area contributed by atoms with Crippen molar-refractivity contribution in [3.05, 3.63) is 34.3 Å². The van der Waals surface area contributed by atoms with E-state index in [1.807, 2.05) is 27.7 Å². The summed E-state index contributed by atoms with van der Waals surface area (Å²) < 4.78 is 25.4. The van der Waals surface area contributed by atoms with Gasteiger partial charge < -0.3 is 9.31 Å². The van der Waals surface area contributed by atoms with Gasteiger partial charge in [-0.25, -0.2) is 9.37 Å². The third kappa shape index (κ3) is 3.45. The molecular formula is C14H18BClFNO2S. The molecule has 1 aliphatic heterocycles. The summed E-state index contributed by atoms with van der Waals surface area (Å²) in [6.45, 7) is 7.92. The highest BCUT2D eigenvalue weighted by molar-refractivity contribution is 7.80. The lowest BCUT2D eigenvalue weighted by molar-refractivity contribution is 0.00578. The van der Waals surface area contributed by atoms with Crippen LogP contribution in [0.15, 0.2) is 17.7 Å².